The van der Waals surface area contributed by atoms with Gasteiger partial charge in [-0.25, -0.2) is 12.8 Å². The Morgan fingerprint density at radius 1 is 1.11 bits per heavy atom. The van der Waals surface area contributed by atoms with Gasteiger partial charge in [-0.1, -0.05) is 18.2 Å². The van der Waals surface area contributed by atoms with Gasteiger partial charge in [0.25, 0.3) is 5.91 Å². The quantitative estimate of drug-likeness (QED) is 0.598. The van der Waals surface area contributed by atoms with Crippen LogP contribution in [0.25, 0.3) is 11.1 Å². The molecule has 0 unspecified atom stereocenters. The van der Waals surface area contributed by atoms with E-state index in [-0.39, 0.29) is 34.1 Å². The number of carbonyl (C=O) groups excluding carboxylic acids is 2. The molecule has 2 amide bonds. The first-order valence-electron chi connectivity index (χ1n) is 12.5. The Labute approximate surface area is 209 Å². The van der Waals surface area contributed by atoms with Crippen LogP contribution in [-0.2, 0) is 19.4 Å². The number of halogens is 1. The minimum absolute atomic E-state index is 0.0752. The lowest BCUT2D eigenvalue weighted by Gasteiger charge is -2.24. The van der Waals surface area contributed by atoms with Crippen molar-refractivity contribution in [1.29, 1.82) is 0 Å². The Hall–Kier alpha value is -3.07. The van der Waals surface area contributed by atoms with E-state index in [4.69, 9.17) is 4.99 Å². The molecule has 0 bridgehead atoms. The number of nitrogens with zero attached hydrogens (tertiary/aromatic N) is 3. The molecule has 1 atom stereocenters. The molecule has 2 aromatic carbocycles. The molecule has 2 aliphatic heterocycles. The second kappa shape index (κ2) is 8.23. The first-order chi connectivity index (χ1) is 17.1. The normalized spacial score (nSPS) is 22.9. The Kier molecular flexibility index (Phi) is 5.33. The van der Waals surface area contributed by atoms with Crippen LogP contribution in [0.3, 0.4) is 0 Å². The maximum atomic E-state index is 15.5. The predicted octanol–water partition coefficient (Wildman–Crippen LogP) is 3.28. The molecule has 2 aliphatic carbocycles. The van der Waals surface area contributed by atoms with E-state index in [2.05, 4.69) is 0 Å². The standard InChI is InChI=1S/C27H28FN3O4S/c1-36(34,35)21-4-2-3-19(13-21)20-7-8-22(23(28)14-20)24-29-27(10-11-27)26(33)31(24)16-17-9-12-30(15-17)25(32)18-5-6-18/h2-4,7-8,13-14,17-18H,5-6,9-12,15-16H2,1H3/t17-/m1/s1. The van der Waals surface area contributed by atoms with Crippen molar-refractivity contribution in [1.82, 2.24) is 9.80 Å². The highest BCUT2D eigenvalue weighted by Gasteiger charge is 2.58. The second-order valence-electron chi connectivity index (χ2n) is 10.6. The lowest BCUT2D eigenvalue weighted by atomic mass is 10.0. The third-order valence-corrected chi connectivity index (χ3v) is 8.82. The van der Waals surface area contributed by atoms with E-state index in [1.165, 1.54) is 18.2 Å². The highest BCUT2D eigenvalue weighted by Crippen LogP contribution is 2.46. The number of carbonyl (C=O) groups is 2. The fourth-order valence-corrected chi connectivity index (χ4v) is 5.96. The molecule has 2 saturated carbocycles. The number of amidine groups is 1. The first-order valence-corrected chi connectivity index (χ1v) is 14.3. The summed E-state index contributed by atoms with van der Waals surface area (Å²) in [6, 6.07) is 11.1. The van der Waals surface area contributed by atoms with Crippen molar-refractivity contribution in [3.05, 3.63) is 53.8 Å². The minimum Gasteiger partial charge on any atom is -0.342 e. The van der Waals surface area contributed by atoms with E-state index < -0.39 is 21.2 Å². The summed E-state index contributed by atoms with van der Waals surface area (Å²) in [6.07, 6.45) is 5.23. The third-order valence-electron chi connectivity index (χ3n) is 7.71. The molecule has 7 nitrogen and oxygen atoms in total. The van der Waals surface area contributed by atoms with Gasteiger partial charge in [0.1, 0.15) is 17.2 Å². The Morgan fingerprint density at radius 2 is 1.86 bits per heavy atom. The van der Waals surface area contributed by atoms with E-state index in [9.17, 15) is 18.0 Å². The van der Waals surface area contributed by atoms with Crippen molar-refractivity contribution in [3.63, 3.8) is 0 Å². The fraction of sp³-hybridized carbons (Fsp3) is 0.444. The Balaban J connectivity index is 1.26. The number of rotatable bonds is 6. The Bertz CT molecular complexity index is 1410. The summed E-state index contributed by atoms with van der Waals surface area (Å²) >= 11 is 0. The van der Waals surface area contributed by atoms with Gasteiger partial charge in [-0.2, -0.15) is 0 Å². The van der Waals surface area contributed by atoms with Crippen LogP contribution in [0.15, 0.2) is 52.4 Å². The number of likely N-dealkylation sites (tertiary alicyclic amines) is 1. The summed E-state index contributed by atoms with van der Waals surface area (Å²) in [5.74, 6) is 0.307. The zero-order valence-corrected chi connectivity index (χ0v) is 20.9. The van der Waals surface area contributed by atoms with Gasteiger partial charge in [-0.15, -0.1) is 0 Å². The smallest absolute Gasteiger partial charge is 0.256 e. The highest BCUT2D eigenvalue weighted by molar-refractivity contribution is 7.90. The summed E-state index contributed by atoms with van der Waals surface area (Å²) in [6.45, 7) is 1.75. The zero-order chi connectivity index (χ0) is 25.2. The third kappa shape index (κ3) is 4.13. The van der Waals surface area contributed by atoms with E-state index in [0.717, 1.165) is 25.5 Å². The zero-order valence-electron chi connectivity index (χ0n) is 20.1. The predicted molar refractivity (Wildman–Crippen MR) is 133 cm³/mol. The average Bonchev–Trinajstić information content (AvgIpc) is 3.77. The molecule has 0 N–H and O–H groups in total. The van der Waals surface area contributed by atoms with Crippen molar-refractivity contribution in [2.45, 2.75) is 42.5 Å². The van der Waals surface area contributed by atoms with Crippen molar-refractivity contribution < 1.29 is 22.4 Å². The summed E-state index contributed by atoms with van der Waals surface area (Å²) in [5, 5.41) is 0. The topological polar surface area (TPSA) is 87.1 Å². The molecule has 3 fully saturated rings. The number of hydrogen-bond donors (Lipinski definition) is 0. The number of sulfone groups is 1. The van der Waals surface area contributed by atoms with E-state index in [1.54, 1.807) is 29.2 Å². The van der Waals surface area contributed by atoms with E-state index >= 15 is 4.39 Å². The number of benzene rings is 2. The molecule has 0 radical (unpaired) electrons. The maximum absolute atomic E-state index is 15.5. The molecule has 188 valence electrons. The lowest BCUT2D eigenvalue weighted by Crippen LogP contribution is -2.41. The molecule has 1 spiro atoms. The molecule has 1 saturated heterocycles. The summed E-state index contributed by atoms with van der Waals surface area (Å²) in [4.78, 5) is 34.1. The van der Waals surface area contributed by atoms with E-state index in [0.29, 0.717) is 49.4 Å². The highest BCUT2D eigenvalue weighted by atomic mass is 32.2. The lowest BCUT2D eigenvalue weighted by molar-refractivity contribution is -0.131. The minimum atomic E-state index is -3.39. The molecular weight excluding hydrogens is 481 g/mol. The molecule has 36 heavy (non-hydrogen) atoms. The van der Waals surface area contributed by atoms with Crippen LogP contribution in [0.5, 0.6) is 0 Å². The molecule has 4 aliphatic rings. The number of amides is 2. The molecule has 6 rings (SSSR count). The average molecular weight is 510 g/mol. The first kappa shape index (κ1) is 23.3. The molecule has 9 heteroatoms. The summed E-state index contributed by atoms with van der Waals surface area (Å²) < 4.78 is 39.3. The monoisotopic (exact) mass is 509 g/mol. The van der Waals surface area contributed by atoms with Crippen LogP contribution in [-0.4, -0.2) is 67.3 Å². The van der Waals surface area contributed by atoms with Gasteiger partial charge in [-0.3, -0.25) is 19.5 Å². The molecule has 2 heterocycles. The fourth-order valence-electron chi connectivity index (χ4n) is 5.29. The molecule has 0 aromatic heterocycles. The summed E-state index contributed by atoms with van der Waals surface area (Å²) in [7, 11) is -3.39. The SMILES string of the molecule is CS(=O)(=O)c1cccc(-c2ccc(C3=NC4(CC4)C(=O)N3C[C@@H]3CCN(C(=O)C4CC4)C3)c(F)c2)c1. The summed E-state index contributed by atoms with van der Waals surface area (Å²) in [5.41, 5.74) is 0.644. The van der Waals surface area contributed by atoms with Crippen LogP contribution < -0.4 is 0 Å². The van der Waals surface area contributed by atoms with Gasteiger partial charge < -0.3 is 4.90 Å². The van der Waals surface area contributed by atoms with Crippen molar-refractivity contribution >= 4 is 27.5 Å². The van der Waals surface area contributed by atoms with Crippen LogP contribution >= 0.6 is 0 Å². The van der Waals surface area contributed by atoms with Gasteiger partial charge in [-0.05, 0) is 73.4 Å². The van der Waals surface area contributed by atoms with Crippen molar-refractivity contribution in [2.24, 2.45) is 16.8 Å². The Morgan fingerprint density at radius 3 is 2.53 bits per heavy atom. The second-order valence-corrected chi connectivity index (χ2v) is 12.6. The van der Waals surface area contributed by atoms with Crippen LogP contribution in [0, 0.1) is 17.7 Å². The van der Waals surface area contributed by atoms with Gasteiger partial charge in [0, 0.05) is 31.8 Å². The van der Waals surface area contributed by atoms with Crippen molar-refractivity contribution in [3.8, 4) is 11.1 Å². The number of hydrogen-bond acceptors (Lipinski definition) is 5. The van der Waals surface area contributed by atoms with Gasteiger partial charge in [0.05, 0.1) is 10.5 Å². The van der Waals surface area contributed by atoms with Crippen LogP contribution in [0.2, 0.25) is 0 Å². The molecular formula is C27H28FN3O4S. The van der Waals surface area contributed by atoms with Gasteiger partial charge in [0.15, 0.2) is 9.84 Å². The van der Waals surface area contributed by atoms with Gasteiger partial charge in [0.2, 0.25) is 5.91 Å². The van der Waals surface area contributed by atoms with Crippen molar-refractivity contribution in [2.75, 3.05) is 25.9 Å². The largest absolute Gasteiger partial charge is 0.342 e. The van der Waals surface area contributed by atoms with Crippen LogP contribution in [0.4, 0.5) is 4.39 Å². The van der Waals surface area contributed by atoms with Crippen LogP contribution in [0.1, 0.15) is 37.7 Å². The molecule has 2 aromatic rings. The van der Waals surface area contributed by atoms with Gasteiger partial charge >= 0.3 is 0 Å². The number of aliphatic imine (C=N–C) groups is 1. The maximum Gasteiger partial charge on any atom is 0.256 e. The van der Waals surface area contributed by atoms with E-state index in [1.807, 2.05) is 4.90 Å².